The summed E-state index contributed by atoms with van der Waals surface area (Å²) in [5.74, 6) is 0.0235. The van der Waals surface area contributed by atoms with E-state index < -0.39 is 0 Å². The van der Waals surface area contributed by atoms with Crippen LogP contribution < -0.4 is 10.6 Å². The quantitative estimate of drug-likeness (QED) is 0.540. The van der Waals surface area contributed by atoms with Crippen LogP contribution in [0.5, 0.6) is 0 Å². The van der Waals surface area contributed by atoms with E-state index in [4.69, 9.17) is 4.74 Å². The molecule has 0 aliphatic heterocycles. The Kier molecular flexibility index (Phi) is 8.01. The molecule has 0 heterocycles. The molecule has 0 radical (unpaired) electrons. The highest BCUT2D eigenvalue weighted by Crippen LogP contribution is 2.20. The second-order valence-electron chi connectivity index (χ2n) is 5.14. The van der Waals surface area contributed by atoms with Gasteiger partial charge in [-0.25, -0.2) is 0 Å². The number of amides is 1. The molecule has 0 bridgehead atoms. The first kappa shape index (κ1) is 15.4. The lowest BCUT2D eigenvalue weighted by Crippen LogP contribution is -2.37. The molecule has 0 saturated heterocycles. The van der Waals surface area contributed by atoms with Gasteiger partial charge < -0.3 is 15.4 Å². The third kappa shape index (κ3) is 6.36. The fraction of sp³-hybridized carbons (Fsp3) is 0.929. The van der Waals surface area contributed by atoms with Crippen LogP contribution in [0.15, 0.2) is 0 Å². The minimum absolute atomic E-state index is 0.0235. The normalized spacial score (nSPS) is 19.2. The van der Waals surface area contributed by atoms with Gasteiger partial charge in [0.1, 0.15) is 6.10 Å². The van der Waals surface area contributed by atoms with Gasteiger partial charge in [-0.1, -0.05) is 25.7 Å². The lowest BCUT2D eigenvalue weighted by atomic mass is 10.1. The third-order valence-electron chi connectivity index (χ3n) is 3.47. The predicted molar refractivity (Wildman–Crippen MR) is 73.6 cm³/mol. The Labute approximate surface area is 111 Å². The summed E-state index contributed by atoms with van der Waals surface area (Å²) in [6, 6.07) is 0. The smallest absolute Gasteiger partial charge is 0.248 e. The number of ether oxygens (including phenoxy) is 1. The van der Waals surface area contributed by atoms with Crippen molar-refractivity contribution in [2.24, 2.45) is 0 Å². The summed E-state index contributed by atoms with van der Waals surface area (Å²) in [6.45, 7) is 3.51. The Morgan fingerprint density at radius 2 is 1.89 bits per heavy atom. The van der Waals surface area contributed by atoms with E-state index in [1.807, 2.05) is 14.0 Å². The first-order valence-electron chi connectivity index (χ1n) is 7.32. The maximum atomic E-state index is 11.8. The molecule has 1 unspecified atom stereocenters. The van der Waals surface area contributed by atoms with Crippen LogP contribution in [-0.2, 0) is 9.53 Å². The molecule has 18 heavy (non-hydrogen) atoms. The fourth-order valence-corrected chi connectivity index (χ4v) is 2.35. The average Bonchev–Trinajstić information content (AvgIpc) is 2.63. The molecule has 1 fully saturated rings. The molecular formula is C14H28N2O2. The van der Waals surface area contributed by atoms with Crippen molar-refractivity contribution in [3.63, 3.8) is 0 Å². The van der Waals surface area contributed by atoms with Gasteiger partial charge in [0.2, 0.25) is 5.91 Å². The predicted octanol–water partition coefficient (Wildman–Crippen LogP) is 1.84. The summed E-state index contributed by atoms with van der Waals surface area (Å²) >= 11 is 0. The van der Waals surface area contributed by atoms with Crippen LogP contribution in [0.4, 0.5) is 0 Å². The molecule has 0 aromatic rings. The number of rotatable bonds is 7. The molecule has 0 aromatic heterocycles. The monoisotopic (exact) mass is 256 g/mol. The van der Waals surface area contributed by atoms with Gasteiger partial charge in [-0.15, -0.1) is 0 Å². The van der Waals surface area contributed by atoms with Crippen molar-refractivity contribution >= 4 is 5.91 Å². The van der Waals surface area contributed by atoms with Gasteiger partial charge in [-0.2, -0.15) is 0 Å². The summed E-state index contributed by atoms with van der Waals surface area (Å²) in [5.41, 5.74) is 0. The minimum atomic E-state index is -0.317. The van der Waals surface area contributed by atoms with E-state index in [1.165, 1.54) is 25.7 Å². The highest BCUT2D eigenvalue weighted by Gasteiger charge is 2.19. The second-order valence-corrected chi connectivity index (χ2v) is 5.14. The van der Waals surface area contributed by atoms with Crippen LogP contribution in [-0.4, -0.2) is 38.3 Å². The highest BCUT2D eigenvalue weighted by atomic mass is 16.5. The third-order valence-corrected chi connectivity index (χ3v) is 3.47. The van der Waals surface area contributed by atoms with Crippen molar-refractivity contribution in [3.05, 3.63) is 0 Å². The van der Waals surface area contributed by atoms with Crippen LogP contribution >= 0.6 is 0 Å². The summed E-state index contributed by atoms with van der Waals surface area (Å²) in [5, 5.41) is 5.98. The number of carbonyl (C=O) groups excluding carboxylic acids is 1. The average molecular weight is 256 g/mol. The van der Waals surface area contributed by atoms with E-state index in [2.05, 4.69) is 10.6 Å². The lowest BCUT2D eigenvalue weighted by Gasteiger charge is -2.20. The molecule has 1 aliphatic rings. The molecule has 1 amide bonds. The SMILES string of the molecule is CNCCCNC(=O)C(C)OC1CCCCCC1. The maximum absolute atomic E-state index is 11.8. The molecule has 0 aromatic carbocycles. The van der Waals surface area contributed by atoms with Gasteiger partial charge in [0.05, 0.1) is 6.10 Å². The number of hydrogen-bond acceptors (Lipinski definition) is 3. The van der Waals surface area contributed by atoms with E-state index in [0.717, 1.165) is 32.4 Å². The molecule has 1 aliphatic carbocycles. The van der Waals surface area contributed by atoms with Crippen molar-refractivity contribution in [1.82, 2.24) is 10.6 Å². The highest BCUT2D eigenvalue weighted by molar-refractivity contribution is 5.80. The zero-order chi connectivity index (χ0) is 13.2. The van der Waals surface area contributed by atoms with Crippen molar-refractivity contribution in [2.45, 2.75) is 64.1 Å². The Balaban J connectivity index is 2.17. The molecule has 0 spiro atoms. The second kappa shape index (κ2) is 9.34. The van der Waals surface area contributed by atoms with Gasteiger partial charge in [0, 0.05) is 6.54 Å². The Hall–Kier alpha value is -0.610. The first-order valence-corrected chi connectivity index (χ1v) is 7.32. The zero-order valence-electron chi connectivity index (χ0n) is 11.8. The molecule has 106 valence electrons. The van der Waals surface area contributed by atoms with Crippen molar-refractivity contribution < 1.29 is 9.53 Å². The first-order chi connectivity index (χ1) is 8.74. The van der Waals surface area contributed by atoms with Crippen LogP contribution in [0, 0.1) is 0 Å². The van der Waals surface area contributed by atoms with Crippen molar-refractivity contribution in [3.8, 4) is 0 Å². The van der Waals surface area contributed by atoms with Gasteiger partial charge in [-0.05, 0) is 39.8 Å². The Morgan fingerprint density at radius 3 is 2.50 bits per heavy atom. The van der Waals surface area contributed by atoms with Crippen LogP contribution in [0.1, 0.15) is 51.9 Å². The maximum Gasteiger partial charge on any atom is 0.248 e. The molecule has 1 saturated carbocycles. The van der Waals surface area contributed by atoms with Crippen LogP contribution in [0.25, 0.3) is 0 Å². The molecule has 1 rings (SSSR count). The van der Waals surface area contributed by atoms with Gasteiger partial charge in [0.15, 0.2) is 0 Å². The standard InChI is InChI=1S/C14H28N2O2/c1-12(14(17)16-11-7-10-15-2)18-13-8-5-3-4-6-9-13/h12-13,15H,3-11H2,1-2H3,(H,16,17). The van der Waals surface area contributed by atoms with E-state index >= 15 is 0 Å². The van der Waals surface area contributed by atoms with Gasteiger partial charge in [0.25, 0.3) is 0 Å². The molecule has 4 nitrogen and oxygen atoms in total. The summed E-state index contributed by atoms with van der Waals surface area (Å²) in [7, 11) is 1.92. The lowest BCUT2D eigenvalue weighted by molar-refractivity contribution is -0.135. The van der Waals surface area contributed by atoms with Gasteiger partial charge >= 0.3 is 0 Å². The largest absolute Gasteiger partial charge is 0.365 e. The Morgan fingerprint density at radius 1 is 1.22 bits per heavy atom. The topological polar surface area (TPSA) is 50.4 Å². The molecule has 2 N–H and O–H groups in total. The van der Waals surface area contributed by atoms with Gasteiger partial charge in [-0.3, -0.25) is 4.79 Å². The number of hydrogen-bond donors (Lipinski definition) is 2. The zero-order valence-corrected chi connectivity index (χ0v) is 11.8. The number of nitrogens with one attached hydrogen (secondary N) is 2. The molecule has 1 atom stereocenters. The van der Waals surface area contributed by atoms with Crippen LogP contribution in [0.2, 0.25) is 0 Å². The van der Waals surface area contributed by atoms with E-state index in [1.54, 1.807) is 0 Å². The molecular weight excluding hydrogens is 228 g/mol. The summed E-state index contributed by atoms with van der Waals surface area (Å²) in [6.07, 6.45) is 8.23. The Bertz CT molecular complexity index is 226. The minimum Gasteiger partial charge on any atom is -0.365 e. The van der Waals surface area contributed by atoms with Crippen LogP contribution in [0.3, 0.4) is 0 Å². The van der Waals surface area contributed by atoms with E-state index in [0.29, 0.717) is 0 Å². The van der Waals surface area contributed by atoms with Crippen molar-refractivity contribution in [2.75, 3.05) is 20.1 Å². The van der Waals surface area contributed by atoms with E-state index in [9.17, 15) is 4.79 Å². The van der Waals surface area contributed by atoms with E-state index in [-0.39, 0.29) is 18.1 Å². The summed E-state index contributed by atoms with van der Waals surface area (Å²) in [4.78, 5) is 11.8. The number of carbonyl (C=O) groups is 1. The fourth-order valence-electron chi connectivity index (χ4n) is 2.35. The summed E-state index contributed by atoms with van der Waals surface area (Å²) < 4.78 is 5.86. The molecule has 4 heteroatoms. The van der Waals surface area contributed by atoms with Crippen molar-refractivity contribution in [1.29, 1.82) is 0 Å².